The Morgan fingerprint density at radius 1 is 1.04 bits per heavy atom. The molecule has 3 aliphatic heterocycles. The largest absolute Gasteiger partial charge is 0.487 e. The van der Waals surface area contributed by atoms with Crippen molar-refractivity contribution >= 4 is 33.2 Å². The Bertz CT molecular complexity index is 1700. The Kier molecular flexibility index (Phi) is 11.6. The Balaban J connectivity index is 1.35. The van der Waals surface area contributed by atoms with Crippen LogP contribution in [-0.2, 0) is 27.8 Å². The molecule has 4 atom stereocenters. The second-order valence-corrected chi connectivity index (χ2v) is 16.4. The Hall–Kier alpha value is -3.07. The normalized spacial score (nSPS) is 28.8. The average Bonchev–Trinajstić information content (AvgIpc) is 3.09. The van der Waals surface area contributed by atoms with Crippen LogP contribution in [0.15, 0.2) is 48.6 Å². The first-order chi connectivity index (χ1) is 23.6. The van der Waals surface area contributed by atoms with E-state index in [-0.39, 0.29) is 17.4 Å². The molecule has 1 saturated carbocycles. The van der Waals surface area contributed by atoms with E-state index in [0.29, 0.717) is 69.5 Å². The lowest BCUT2D eigenvalue weighted by Gasteiger charge is -2.46. The van der Waals surface area contributed by atoms with Crippen molar-refractivity contribution < 1.29 is 27.8 Å². The van der Waals surface area contributed by atoms with Gasteiger partial charge in [0.2, 0.25) is 10.0 Å². The minimum atomic E-state index is -3.91. The number of amides is 1. The first-order valence-corrected chi connectivity index (χ1v) is 19.6. The van der Waals surface area contributed by atoms with Crippen LogP contribution in [0.2, 0.25) is 5.02 Å². The number of carbonyl (C=O) groups is 1. The highest BCUT2D eigenvalue weighted by atomic mass is 35.5. The van der Waals surface area contributed by atoms with Crippen molar-refractivity contribution in [3.8, 4) is 17.6 Å². The van der Waals surface area contributed by atoms with Crippen molar-refractivity contribution in [3.63, 3.8) is 0 Å². The van der Waals surface area contributed by atoms with Crippen molar-refractivity contribution in [2.75, 3.05) is 50.8 Å². The lowest BCUT2D eigenvalue weighted by Crippen LogP contribution is -2.49. The van der Waals surface area contributed by atoms with Crippen molar-refractivity contribution in [1.29, 1.82) is 0 Å². The number of nitrogens with one attached hydrogen (secondary N) is 1. The number of ether oxygens (including phenoxy) is 2. The number of carbonyl (C=O) groups excluding carboxylic acids is 1. The molecule has 2 N–H and O–H groups in total. The van der Waals surface area contributed by atoms with E-state index in [1.54, 1.807) is 25.1 Å². The molecule has 2 fully saturated rings. The highest BCUT2D eigenvalue weighted by Crippen LogP contribution is 2.44. The van der Waals surface area contributed by atoms with E-state index in [1.807, 2.05) is 30.4 Å². The summed E-state index contributed by atoms with van der Waals surface area (Å²) in [5.74, 6) is 6.60. The number of hydrogen-bond donors (Lipinski definition) is 2. The molecule has 6 rings (SSSR count). The monoisotopic (exact) mass is 709 g/mol. The average molecular weight is 710 g/mol. The zero-order chi connectivity index (χ0) is 34.4. The van der Waals surface area contributed by atoms with Gasteiger partial charge < -0.3 is 19.5 Å². The van der Waals surface area contributed by atoms with E-state index in [9.17, 15) is 18.3 Å². The van der Waals surface area contributed by atoms with Gasteiger partial charge in [-0.2, -0.15) is 0 Å². The summed E-state index contributed by atoms with van der Waals surface area (Å²) in [5, 5.41) is 12.1. The van der Waals surface area contributed by atoms with Crippen LogP contribution in [0.5, 0.6) is 5.75 Å². The molecule has 4 aliphatic rings. The molecule has 1 amide bonds. The molecule has 2 aromatic rings. The van der Waals surface area contributed by atoms with Crippen LogP contribution in [0.4, 0.5) is 5.69 Å². The van der Waals surface area contributed by atoms with Gasteiger partial charge in [-0.25, -0.2) is 13.1 Å². The number of benzene rings is 2. The third kappa shape index (κ3) is 8.81. The molecule has 2 aromatic carbocycles. The third-order valence-electron chi connectivity index (χ3n) is 10.5. The zero-order valence-corrected chi connectivity index (χ0v) is 29.9. The molecule has 3 heterocycles. The first-order valence-electron chi connectivity index (χ1n) is 17.7. The summed E-state index contributed by atoms with van der Waals surface area (Å²) in [5.41, 5.74) is 1.90. The van der Waals surface area contributed by atoms with Gasteiger partial charge in [0, 0.05) is 42.7 Å². The molecule has 0 aromatic heterocycles. The lowest BCUT2D eigenvalue weighted by molar-refractivity contribution is -0.00308. The van der Waals surface area contributed by atoms with E-state index in [2.05, 4.69) is 26.4 Å². The van der Waals surface area contributed by atoms with Gasteiger partial charge in [-0.15, -0.1) is 0 Å². The number of hydrogen-bond acceptors (Lipinski definition) is 8. The number of nitrogens with zero attached hydrogens (tertiary/aromatic N) is 2. The standard InChI is InChI=1S/C38H48ClN3O6S/c1-28-8-3-2-5-16-38(44,17-7-18-41-20-22-47-23-21-41)34-14-11-31(34)26-42-19-6-4-9-29-24-33(39)13-10-32(29)27-48-36-15-12-30(25-35(36)42)37(43)40-49(28,45)46/h5,10,12-13,15-16,24-25,28,31,34,44H,2-4,6,8-9,11,14,18-23,26-27H2,1H3,(H,40,43)/b16-5+/t28-,31+,34-,38-/m1/s1. The van der Waals surface area contributed by atoms with Crippen LogP contribution in [-0.4, -0.2) is 81.1 Å². The number of halogens is 1. The maximum atomic E-state index is 13.4. The minimum absolute atomic E-state index is 0.0728. The van der Waals surface area contributed by atoms with Gasteiger partial charge >= 0.3 is 0 Å². The van der Waals surface area contributed by atoms with Gasteiger partial charge in [0.15, 0.2) is 0 Å². The third-order valence-corrected chi connectivity index (χ3v) is 12.5. The number of anilines is 1. The summed E-state index contributed by atoms with van der Waals surface area (Å²) >= 11 is 6.36. The van der Waals surface area contributed by atoms with Crippen LogP contribution in [0.25, 0.3) is 0 Å². The van der Waals surface area contributed by atoms with Crippen molar-refractivity contribution in [2.24, 2.45) is 11.8 Å². The van der Waals surface area contributed by atoms with E-state index in [0.717, 1.165) is 62.0 Å². The lowest BCUT2D eigenvalue weighted by atomic mass is 9.64. The van der Waals surface area contributed by atoms with E-state index in [4.69, 9.17) is 21.1 Å². The summed E-state index contributed by atoms with van der Waals surface area (Å²) in [4.78, 5) is 17.9. The quantitative estimate of drug-likeness (QED) is 0.302. The molecule has 0 spiro atoms. The molecule has 0 radical (unpaired) electrons. The molecule has 49 heavy (non-hydrogen) atoms. The molecule has 11 heteroatoms. The van der Waals surface area contributed by atoms with Gasteiger partial charge in [-0.1, -0.05) is 35.6 Å². The van der Waals surface area contributed by atoms with Gasteiger partial charge in [0.05, 0.1) is 30.7 Å². The SMILES string of the molecule is C[C@@H]1CCC/C=C/[C@@](O)(C#CCN2CCOCC2)[C@@H]2CC[C@H]2CN2CCCCc3cc(Cl)ccc3COc3ccc(cc32)C(=O)NS1(=O)=O. The fraction of sp³-hybridized carbons (Fsp3) is 0.553. The second-order valence-electron chi connectivity index (χ2n) is 13.9. The predicted molar refractivity (Wildman–Crippen MR) is 192 cm³/mol. The topological polar surface area (TPSA) is 108 Å². The van der Waals surface area contributed by atoms with Gasteiger partial charge in [-0.3, -0.25) is 9.69 Å². The molecular weight excluding hydrogens is 662 g/mol. The highest BCUT2D eigenvalue weighted by molar-refractivity contribution is 7.90. The fourth-order valence-corrected chi connectivity index (χ4v) is 8.52. The fourth-order valence-electron chi connectivity index (χ4n) is 7.27. The van der Waals surface area contributed by atoms with E-state index >= 15 is 0 Å². The number of aryl methyl sites for hydroxylation is 1. The van der Waals surface area contributed by atoms with Crippen molar-refractivity contribution in [3.05, 3.63) is 70.3 Å². The summed E-state index contributed by atoms with van der Waals surface area (Å²) in [6.07, 6.45) is 9.83. The molecule has 1 saturated heterocycles. The maximum absolute atomic E-state index is 13.4. The van der Waals surface area contributed by atoms with E-state index < -0.39 is 26.8 Å². The zero-order valence-electron chi connectivity index (χ0n) is 28.3. The second kappa shape index (κ2) is 15.9. The molecule has 0 unspecified atom stereocenters. The van der Waals surface area contributed by atoms with Crippen LogP contribution < -0.4 is 14.4 Å². The van der Waals surface area contributed by atoms with Crippen molar-refractivity contribution in [2.45, 2.75) is 75.7 Å². The summed E-state index contributed by atoms with van der Waals surface area (Å²) in [6, 6.07) is 11.0. The molecule has 9 nitrogen and oxygen atoms in total. The van der Waals surface area contributed by atoms with Gasteiger partial charge in [0.1, 0.15) is 18.0 Å². The van der Waals surface area contributed by atoms with Crippen LogP contribution >= 0.6 is 11.6 Å². The maximum Gasteiger partial charge on any atom is 0.264 e. The predicted octanol–water partition coefficient (Wildman–Crippen LogP) is 5.34. The van der Waals surface area contributed by atoms with Gasteiger partial charge in [-0.05, 0) is 112 Å². The Morgan fingerprint density at radius 3 is 2.67 bits per heavy atom. The molecule has 264 valence electrons. The Labute approximate surface area is 296 Å². The summed E-state index contributed by atoms with van der Waals surface area (Å²) < 4.78 is 40.7. The van der Waals surface area contributed by atoms with E-state index in [1.165, 1.54) is 0 Å². The number of rotatable bonds is 1. The van der Waals surface area contributed by atoms with Crippen LogP contribution in [0.3, 0.4) is 0 Å². The summed E-state index contributed by atoms with van der Waals surface area (Å²) in [7, 11) is -3.91. The number of allylic oxidation sites excluding steroid dienone is 1. The van der Waals surface area contributed by atoms with Crippen LogP contribution in [0.1, 0.15) is 73.4 Å². The van der Waals surface area contributed by atoms with Crippen LogP contribution in [0, 0.1) is 23.7 Å². The molecule has 2 bridgehead atoms. The highest BCUT2D eigenvalue weighted by Gasteiger charge is 2.45. The molecule has 1 aliphatic carbocycles. The number of aliphatic hydroxyl groups is 1. The number of morpholine rings is 1. The smallest absolute Gasteiger partial charge is 0.264 e. The number of fused-ring (bicyclic) bond motifs is 3. The minimum Gasteiger partial charge on any atom is -0.487 e. The summed E-state index contributed by atoms with van der Waals surface area (Å²) in [6.45, 7) is 6.89. The molecular formula is C38H48ClN3O6S. The first kappa shape index (κ1) is 35.7. The van der Waals surface area contributed by atoms with Crippen molar-refractivity contribution in [1.82, 2.24) is 9.62 Å². The Morgan fingerprint density at radius 2 is 1.88 bits per heavy atom. The van der Waals surface area contributed by atoms with Gasteiger partial charge in [0.25, 0.3) is 5.91 Å². The number of sulfonamides is 1.